The summed E-state index contributed by atoms with van der Waals surface area (Å²) < 4.78 is 0. The molecule has 1 fully saturated rings. The van der Waals surface area contributed by atoms with Gasteiger partial charge in [-0.05, 0) is 56.4 Å². The van der Waals surface area contributed by atoms with Crippen LogP contribution in [0.1, 0.15) is 55.9 Å². The fourth-order valence-corrected chi connectivity index (χ4v) is 5.86. The van der Waals surface area contributed by atoms with Crippen LogP contribution in [0.3, 0.4) is 0 Å². The highest BCUT2D eigenvalue weighted by Crippen LogP contribution is 2.53. The summed E-state index contributed by atoms with van der Waals surface area (Å²) in [5.41, 5.74) is 8.18. The molecule has 2 aliphatic rings. The van der Waals surface area contributed by atoms with Crippen molar-refractivity contribution in [1.29, 1.82) is 0 Å². The quantitative estimate of drug-likeness (QED) is 0.375. The molecule has 0 unspecified atom stereocenters. The lowest BCUT2D eigenvalue weighted by molar-refractivity contribution is -0.138. The molecule has 190 valence electrons. The highest BCUT2D eigenvalue weighted by atomic mass is 16.3. The molecule has 5 rings (SSSR count). The molecule has 6 N–H and O–H groups in total. The molecule has 8 heteroatoms. The van der Waals surface area contributed by atoms with Crippen molar-refractivity contribution in [3.8, 4) is 5.75 Å². The number of amides is 2. The SMILES string of the molecule is CC(C)(N)C(=O)N[C@@H](Cc1c[nH]c2ccccc12)C(=O)N1CCC2(CC1)C[C@@H](O)c1c(O)cccc12. The van der Waals surface area contributed by atoms with E-state index < -0.39 is 17.7 Å². The molecule has 3 aromatic rings. The molecular weight excluding hydrogens is 456 g/mol. The first kappa shape index (κ1) is 24.3. The molecular formula is C28H34N4O4. The van der Waals surface area contributed by atoms with Crippen LogP contribution in [0.15, 0.2) is 48.7 Å². The van der Waals surface area contributed by atoms with Crippen molar-refractivity contribution in [1.82, 2.24) is 15.2 Å². The lowest BCUT2D eigenvalue weighted by Gasteiger charge is -2.41. The van der Waals surface area contributed by atoms with Gasteiger partial charge >= 0.3 is 0 Å². The van der Waals surface area contributed by atoms with Gasteiger partial charge in [0.2, 0.25) is 11.8 Å². The van der Waals surface area contributed by atoms with Gasteiger partial charge in [0.15, 0.2) is 0 Å². The number of nitrogens with zero attached hydrogens (tertiary/aromatic N) is 1. The average Bonchev–Trinajstić information content (AvgIpc) is 3.37. The third-order valence-electron chi connectivity index (χ3n) is 7.89. The van der Waals surface area contributed by atoms with Crippen molar-refractivity contribution in [2.45, 2.75) is 62.6 Å². The number of hydrogen-bond acceptors (Lipinski definition) is 5. The summed E-state index contributed by atoms with van der Waals surface area (Å²) in [6, 6.07) is 12.5. The Hall–Kier alpha value is -3.36. The number of phenols is 1. The second-order valence-electron chi connectivity index (χ2n) is 10.9. The van der Waals surface area contributed by atoms with E-state index in [4.69, 9.17) is 5.73 Å². The number of carbonyl (C=O) groups is 2. The molecule has 1 aliphatic carbocycles. The third kappa shape index (κ3) is 4.24. The maximum Gasteiger partial charge on any atom is 0.245 e. The number of fused-ring (bicyclic) bond motifs is 3. The first-order valence-electron chi connectivity index (χ1n) is 12.5. The Balaban J connectivity index is 1.36. The number of carbonyl (C=O) groups excluding carboxylic acids is 2. The minimum Gasteiger partial charge on any atom is -0.508 e. The number of hydrogen-bond donors (Lipinski definition) is 5. The summed E-state index contributed by atoms with van der Waals surface area (Å²) >= 11 is 0. The number of aliphatic hydroxyl groups excluding tert-OH is 1. The van der Waals surface area contributed by atoms with E-state index in [1.807, 2.05) is 47.5 Å². The van der Waals surface area contributed by atoms with Crippen LogP contribution in [-0.4, -0.2) is 56.6 Å². The molecule has 1 aliphatic heterocycles. The van der Waals surface area contributed by atoms with Crippen molar-refractivity contribution < 1.29 is 19.8 Å². The van der Waals surface area contributed by atoms with Crippen LogP contribution in [0, 0.1) is 0 Å². The minimum atomic E-state index is -1.11. The number of aromatic amines is 1. The largest absolute Gasteiger partial charge is 0.508 e. The Labute approximate surface area is 210 Å². The zero-order chi connectivity index (χ0) is 25.7. The van der Waals surface area contributed by atoms with Crippen LogP contribution in [0.2, 0.25) is 0 Å². The number of aromatic hydroxyl groups is 1. The van der Waals surface area contributed by atoms with Gasteiger partial charge in [-0.3, -0.25) is 9.59 Å². The number of phenolic OH excluding ortho intramolecular Hbond substituents is 1. The summed E-state index contributed by atoms with van der Waals surface area (Å²) in [5, 5.41) is 24.9. The molecule has 2 atom stereocenters. The van der Waals surface area contributed by atoms with Gasteiger partial charge in [0.05, 0.1) is 11.6 Å². The molecule has 2 amide bonds. The number of para-hydroxylation sites is 1. The fraction of sp³-hybridized carbons (Fsp3) is 0.429. The van der Waals surface area contributed by atoms with Crippen LogP contribution in [-0.2, 0) is 21.4 Å². The topological polar surface area (TPSA) is 132 Å². The molecule has 0 bridgehead atoms. The minimum absolute atomic E-state index is 0.126. The number of piperidine rings is 1. The number of benzene rings is 2. The number of likely N-dealkylation sites (tertiary alicyclic amines) is 1. The second-order valence-corrected chi connectivity index (χ2v) is 10.9. The van der Waals surface area contributed by atoms with E-state index in [-0.39, 0.29) is 23.0 Å². The molecule has 0 radical (unpaired) electrons. The van der Waals surface area contributed by atoms with E-state index in [1.54, 1.807) is 19.9 Å². The van der Waals surface area contributed by atoms with Gasteiger partial charge in [-0.2, -0.15) is 0 Å². The molecule has 8 nitrogen and oxygen atoms in total. The number of H-pyrrole nitrogens is 1. The van der Waals surface area contributed by atoms with Gasteiger partial charge in [-0.15, -0.1) is 0 Å². The van der Waals surface area contributed by atoms with Crippen molar-refractivity contribution in [3.63, 3.8) is 0 Å². The summed E-state index contributed by atoms with van der Waals surface area (Å²) in [6.07, 6.45) is 3.44. The smallest absolute Gasteiger partial charge is 0.245 e. The van der Waals surface area contributed by atoms with Crippen molar-refractivity contribution >= 4 is 22.7 Å². The first-order chi connectivity index (χ1) is 17.1. The second kappa shape index (κ2) is 8.94. The number of aromatic nitrogens is 1. The van der Waals surface area contributed by atoms with E-state index in [0.717, 1.165) is 22.0 Å². The highest BCUT2D eigenvalue weighted by molar-refractivity contribution is 5.92. The van der Waals surface area contributed by atoms with Crippen LogP contribution < -0.4 is 11.1 Å². The number of nitrogens with one attached hydrogen (secondary N) is 2. The molecule has 1 aromatic heterocycles. The van der Waals surface area contributed by atoms with Crippen molar-refractivity contribution in [3.05, 3.63) is 65.4 Å². The fourth-order valence-electron chi connectivity index (χ4n) is 5.86. The molecule has 0 saturated carbocycles. The summed E-state index contributed by atoms with van der Waals surface area (Å²) in [5.74, 6) is -0.388. The number of rotatable bonds is 5. The van der Waals surface area contributed by atoms with Crippen LogP contribution in [0.4, 0.5) is 0 Å². The molecule has 36 heavy (non-hydrogen) atoms. The third-order valence-corrected chi connectivity index (χ3v) is 7.89. The number of aliphatic hydroxyl groups is 1. The van der Waals surface area contributed by atoms with E-state index in [0.29, 0.717) is 44.3 Å². The Morgan fingerprint density at radius 3 is 2.64 bits per heavy atom. The monoisotopic (exact) mass is 490 g/mol. The molecule has 2 aromatic carbocycles. The van der Waals surface area contributed by atoms with E-state index >= 15 is 0 Å². The zero-order valence-corrected chi connectivity index (χ0v) is 20.8. The molecule has 2 heterocycles. The first-order valence-corrected chi connectivity index (χ1v) is 12.5. The van der Waals surface area contributed by atoms with Crippen LogP contribution in [0.5, 0.6) is 5.75 Å². The van der Waals surface area contributed by atoms with Gasteiger partial charge in [0.1, 0.15) is 11.8 Å². The zero-order valence-electron chi connectivity index (χ0n) is 20.8. The lowest BCUT2D eigenvalue weighted by atomic mass is 9.73. The van der Waals surface area contributed by atoms with Crippen LogP contribution >= 0.6 is 0 Å². The van der Waals surface area contributed by atoms with Gasteiger partial charge in [0.25, 0.3) is 0 Å². The summed E-state index contributed by atoms with van der Waals surface area (Å²) in [4.78, 5) is 31.6. The Morgan fingerprint density at radius 1 is 1.19 bits per heavy atom. The number of nitrogens with two attached hydrogens (primary N) is 1. The molecule has 1 saturated heterocycles. The maximum atomic E-state index is 13.8. The summed E-state index contributed by atoms with van der Waals surface area (Å²) in [7, 11) is 0. The standard InChI is InChI=1S/C28H34N4O4/c1-27(2,29)26(36)31-21(14-17-16-30-20-8-4-3-6-18(17)20)25(35)32-12-10-28(11-13-32)15-23(34)24-19(28)7-5-9-22(24)33/h3-9,16,21,23,30,33-34H,10-15,29H2,1-2H3,(H,31,36)/t21-,23+/m0/s1. The van der Waals surface area contributed by atoms with Crippen molar-refractivity contribution in [2.75, 3.05) is 13.1 Å². The molecule has 1 spiro atoms. The van der Waals surface area contributed by atoms with Crippen molar-refractivity contribution in [2.24, 2.45) is 5.73 Å². The average molecular weight is 491 g/mol. The lowest BCUT2D eigenvalue weighted by Crippen LogP contribution is -2.58. The van der Waals surface area contributed by atoms with E-state index in [9.17, 15) is 19.8 Å². The summed E-state index contributed by atoms with van der Waals surface area (Å²) in [6.45, 7) is 4.26. The van der Waals surface area contributed by atoms with Crippen LogP contribution in [0.25, 0.3) is 10.9 Å². The predicted octanol–water partition coefficient (Wildman–Crippen LogP) is 2.64. The Morgan fingerprint density at radius 2 is 1.92 bits per heavy atom. The van der Waals surface area contributed by atoms with E-state index in [2.05, 4.69) is 10.3 Å². The normalized spacial score (nSPS) is 19.9. The van der Waals surface area contributed by atoms with Gasteiger partial charge in [-0.1, -0.05) is 30.3 Å². The maximum absolute atomic E-state index is 13.8. The Bertz CT molecular complexity index is 1300. The van der Waals surface area contributed by atoms with E-state index in [1.165, 1.54) is 0 Å². The van der Waals surface area contributed by atoms with Gasteiger partial charge in [-0.25, -0.2) is 0 Å². The van der Waals surface area contributed by atoms with Gasteiger partial charge < -0.3 is 31.1 Å². The van der Waals surface area contributed by atoms with Gasteiger partial charge in [0, 0.05) is 47.6 Å². The predicted molar refractivity (Wildman–Crippen MR) is 137 cm³/mol. The Kier molecular flexibility index (Phi) is 6.04. The highest BCUT2D eigenvalue weighted by Gasteiger charge is 2.47.